The van der Waals surface area contributed by atoms with Crippen molar-refractivity contribution in [3.63, 3.8) is 0 Å². The van der Waals surface area contributed by atoms with E-state index in [1.807, 2.05) is 0 Å². The van der Waals surface area contributed by atoms with Gasteiger partial charge in [0.05, 0.1) is 7.11 Å². The number of benzene rings is 2. The Bertz CT molecular complexity index is 912. The molecule has 0 saturated heterocycles. The summed E-state index contributed by atoms with van der Waals surface area (Å²) in [5.74, 6) is -0.527. The van der Waals surface area contributed by atoms with E-state index in [-0.39, 0.29) is 5.75 Å². The van der Waals surface area contributed by atoms with Gasteiger partial charge in [-0.3, -0.25) is 4.79 Å². The molecule has 0 atom stereocenters. The highest BCUT2D eigenvalue weighted by Gasteiger charge is 2.13. The molecule has 8 heteroatoms. The molecule has 0 fully saturated rings. The van der Waals surface area contributed by atoms with Crippen molar-refractivity contribution < 1.29 is 32.9 Å². The first kappa shape index (κ1) is 19.2. The smallest absolute Gasteiger partial charge is 0.331 e. The summed E-state index contributed by atoms with van der Waals surface area (Å²) in [4.78, 5) is 23.7. The van der Waals surface area contributed by atoms with Gasteiger partial charge in [-0.1, -0.05) is 6.07 Å². The Balaban J connectivity index is 1.49. The van der Waals surface area contributed by atoms with E-state index < -0.39 is 24.3 Å². The van der Waals surface area contributed by atoms with Crippen LogP contribution in [0.5, 0.6) is 17.2 Å². The number of carbonyl (C=O) groups is 2. The number of methoxy groups -OCH3 is 1. The van der Waals surface area contributed by atoms with Crippen LogP contribution in [-0.4, -0.2) is 38.8 Å². The lowest BCUT2D eigenvalue weighted by Gasteiger charge is -2.18. The fraction of sp³-hybridized carbons (Fsp3) is 0.200. The molecule has 3 rings (SSSR count). The van der Waals surface area contributed by atoms with Crippen molar-refractivity contribution in [1.82, 2.24) is 0 Å². The summed E-state index contributed by atoms with van der Waals surface area (Å²) >= 11 is 0. The number of carbonyl (C=O) groups excluding carboxylic acids is 2. The Morgan fingerprint density at radius 2 is 1.93 bits per heavy atom. The molecule has 0 radical (unpaired) electrons. The van der Waals surface area contributed by atoms with Crippen LogP contribution in [0.4, 0.5) is 10.1 Å². The molecule has 1 aliphatic heterocycles. The van der Waals surface area contributed by atoms with Gasteiger partial charge in [-0.05, 0) is 35.9 Å². The highest BCUT2D eigenvalue weighted by atomic mass is 19.1. The molecule has 146 valence electrons. The average molecular weight is 387 g/mol. The number of esters is 1. The molecule has 2 aromatic rings. The van der Waals surface area contributed by atoms with Crippen molar-refractivity contribution in [1.29, 1.82) is 0 Å². The number of rotatable bonds is 6. The van der Waals surface area contributed by atoms with E-state index in [4.69, 9.17) is 18.9 Å². The first-order valence-electron chi connectivity index (χ1n) is 8.43. The second-order valence-corrected chi connectivity index (χ2v) is 5.74. The standard InChI is InChI=1S/C20H18FNO6/c1-25-16-5-2-13(10-15(16)21)3-7-20(24)28-12-19(23)22-14-4-6-17-18(11-14)27-9-8-26-17/h2-7,10-11H,8-9,12H2,1H3,(H,22,23)/b7-3+. The van der Waals surface area contributed by atoms with Crippen LogP contribution in [-0.2, 0) is 14.3 Å². The quantitative estimate of drug-likeness (QED) is 0.606. The summed E-state index contributed by atoms with van der Waals surface area (Å²) in [6.45, 7) is 0.451. The van der Waals surface area contributed by atoms with E-state index in [9.17, 15) is 14.0 Å². The molecular formula is C20H18FNO6. The van der Waals surface area contributed by atoms with Gasteiger partial charge >= 0.3 is 5.97 Å². The topological polar surface area (TPSA) is 83.1 Å². The van der Waals surface area contributed by atoms with Gasteiger partial charge in [0.1, 0.15) is 13.2 Å². The zero-order valence-corrected chi connectivity index (χ0v) is 15.1. The molecule has 0 unspecified atom stereocenters. The molecule has 1 aliphatic rings. The van der Waals surface area contributed by atoms with Gasteiger partial charge in [-0.2, -0.15) is 0 Å². The molecule has 0 aromatic heterocycles. The molecule has 2 aromatic carbocycles. The van der Waals surface area contributed by atoms with Crippen LogP contribution >= 0.6 is 0 Å². The summed E-state index contributed by atoms with van der Waals surface area (Å²) in [6.07, 6.45) is 2.49. The van der Waals surface area contributed by atoms with E-state index in [1.54, 1.807) is 24.3 Å². The van der Waals surface area contributed by atoms with Crippen LogP contribution in [0.15, 0.2) is 42.5 Å². The average Bonchev–Trinajstić information content (AvgIpc) is 2.70. The van der Waals surface area contributed by atoms with Crippen LogP contribution in [0.3, 0.4) is 0 Å². The van der Waals surface area contributed by atoms with Gasteiger partial charge in [-0.25, -0.2) is 9.18 Å². The van der Waals surface area contributed by atoms with Crippen LogP contribution in [0.1, 0.15) is 5.56 Å². The Kier molecular flexibility index (Phi) is 6.11. The second-order valence-electron chi connectivity index (χ2n) is 5.74. The maximum atomic E-state index is 13.6. The summed E-state index contributed by atoms with van der Waals surface area (Å²) in [5, 5.41) is 2.60. The lowest BCUT2D eigenvalue weighted by molar-refractivity contribution is -0.142. The summed E-state index contributed by atoms with van der Waals surface area (Å²) in [7, 11) is 1.36. The van der Waals surface area contributed by atoms with Gasteiger partial charge in [-0.15, -0.1) is 0 Å². The minimum absolute atomic E-state index is 0.107. The Labute approximate surface area is 160 Å². The molecule has 1 heterocycles. The lowest BCUT2D eigenvalue weighted by atomic mass is 10.2. The van der Waals surface area contributed by atoms with Gasteiger partial charge in [0.15, 0.2) is 29.7 Å². The second kappa shape index (κ2) is 8.90. The number of amides is 1. The van der Waals surface area contributed by atoms with Crippen molar-refractivity contribution in [2.45, 2.75) is 0 Å². The summed E-state index contributed by atoms with van der Waals surface area (Å²) < 4.78 is 34.1. The maximum absolute atomic E-state index is 13.6. The highest BCUT2D eigenvalue weighted by Crippen LogP contribution is 2.32. The van der Waals surface area contributed by atoms with Crippen LogP contribution < -0.4 is 19.5 Å². The molecule has 0 saturated carbocycles. The van der Waals surface area contributed by atoms with Crippen LogP contribution in [0.25, 0.3) is 6.08 Å². The molecule has 7 nitrogen and oxygen atoms in total. The highest BCUT2D eigenvalue weighted by molar-refractivity contribution is 5.94. The van der Waals surface area contributed by atoms with Crippen molar-refractivity contribution in [3.8, 4) is 17.2 Å². The zero-order chi connectivity index (χ0) is 19.9. The van der Waals surface area contributed by atoms with Gasteiger partial charge < -0.3 is 24.3 Å². The number of hydrogen-bond acceptors (Lipinski definition) is 6. The van der Waals surface area contributed by atoms with Crippen molar-refractivity contribution in [3.05, 3.63) is 53.9 Å². The fourth-order valence-corrected chi connectivity index (χ4v) is 2.45. The van der Waals surface area contributed by atoms with Gasteiger partial charge in [0, 0.05) is 17.8 Å². The molecule has 0 spiro atoms. The molecule has 0 bridgehead atoms. The van der Waals surface area contributed by atoms with Gasteiger partial charge in [0.25, 0.3) is 5.91 Å². The van der Waals surface area contributed by atoms with E-state index in [0.29, 0.717) is 36.0 Å². The van der Waals surface area contributed by atoms with Crippen molar-refractivity contribution in [2.75, 3.05) is 32.2 Å². The third-order valence-corrected chi connectivity index (χ3v) is 3.76. The number of anilines is 1. The summed E-state index contributed by atoms with van der Waals surface area (Å²) in [5.41, 5.74) is 0.950. The monoisotopic (exact) mass is 387 g/mol. The van der Waals surface area contributed by atoms with E-state index in [0.717, 1.165) is 6.08 Å². The largest absolute Gasteiger partial charge is 0.494 e. The molecular weight excluding hydrogens is 369 g/mol. The third kappa shape index (κ3) is 5.00. The minimum atomic E-state index is -0.728. The molecule has 1 amide bonds. The maximum Gasteiger partial charge on any atom is 0.331 e. The van der Waals surface area contributed by atoms with E-state index >= 15 is 0 Å². The minimum Gasteiger partial charge on any atom is -0.494 e. The van der Waals surface area contributed by atoms with Crippen molar-refractivity contribution >= 4 is 23.6 Å². The predicted octanol–water partition coefficient (Wildman–Crippen LogP) is 2.80. The van der Waals surface area contributed by atoms with E-state index in [1.165, 1.54) is 25.3 Å². The van der Waals surface area contributed by atoms with Crippen LogP contribution in [0.2, 0.25) is 0 Å². The first-order valence-corrected chi connectivity index (χ1v) is 8.43. The van der Waals surface area contributed by atoms with Crippen molar-refractivity contribution in [2.24, 2.45) is 0 Å². The zero-order valence-electron chi connectivity index (χ0n) is 15.1. The number of ether oxygens (including phenoxy) is 4. The fourth-order valence-electron chi connectivity index (χ4n) is 2.45. The van der Waals surface area contributed by atoms with Gasteiger partial charge in [0.2, 0.25) is 0 Å². The normalized spacial score (nSPS) is 12.5. The van der Waals surface area contributed by atoms with E-state index in [2.05, 4.69) is 5.32 Å². The Morgan fingerprint density at radius 3 is 2.68 bits per heavy atom. The summed E-state index contributed by atoms with van der Waals surface area (Å²) in [6, 6.07) is 9.23. The number of halogens is 1. The third-order valence-electron chi connectivity index (χ3n) is 3.76. The lowest BCUT2D eigenvalue weighted by Crippen LogP contribution is -2.20. The Hall–Kier alpha value is -3.55. The Morgan fingerprint density at radius 1 is 1.14 bits per heavy atom. The number of hydrogen-bond donors (Lipinski definition) is 1. The first-order chi connectivity index (χ1) is 13.5. The SMILES string of the molecule is COc1ccc(/C=C/C(=O)OCC(=O)Nc2ccc3c(c2)OCCO3)cc1F. The predicted molar refractivity (Wildman–Crippen MR) is 99.0 cm³/mol. The number of nitrogens with one attached hydrogen (secondary N) is 1. The number of fused-ring (bicyclic) bond motifs is 1. The molecule has 1 N–H and O–H groups in total. The molecule has 28 heavy (non-hydrogen) atoms. The molecule has 0 aliphatic carbocycles. The van der Waals surface area contributed by atoms with Crippen LogP contribution in [0, 0.1) is 5.82 Å².